The first-order chi connectivity index (χ1) is 12.9. The minimum atomic E-state index is -0.227. The van der Waals surface area contributed by atoms with Crippen LogP contribution >= 0.6 is 23.4 Å². The molecule has 1 saturated heterocycles. The molecule has 0 radical (unpaired) electrons. The Balaban J connectivity index is 1.65. The van der Waals surface area contributed by atoms with E-state index in [1.165, 1.54) is 11.8 Å². The number of hydrogen-bond acceptors (Lipinski definition) is 4. The van der Waals surface area contributed by atoms with Gasteiger partial charge < -0.3 is 15.4 Å². The summed E-state index contributed by atoms with van der Waals surface area (Å²) >= 11 is 7.52. The maximum absolute atomic E-state index is 12.3. The number of aryl methyl sites for hydroxylation is 1. The van der Waals surface area contributed by atoms with Crippen LogP contribution in [0.3, 0.4) is 0 Å². The number of nitrogens with one attached hydrogen (secondary N) is 2. The number of thioether (sulfide) groups is 1. The Bertz CT molecular complexity index is 850. The lowest BCUT2D eigenvalue weighted by Gasteiger charge is -2.15. The minimum absolute atomic E-state index is 0.0858. The molecule has 1 unspecified atom stereocenters. The third-order valence-corrected chi connectivity index (χ3v) is 5.24. The quantitative estimate of drug-likeness (QED) is 0.645. The maximum atomic E-state index is 12.3. The van der Waals surface area contributed by atoms with E-state index in [0.717, 1.165) is 22.6 Å². The summed E-state index contributed by atoms with van der Waals surface area (Å²) < 4.78 is 5.69. The van der Waals surface area contributed by atoms with Gasteiger partial charge in [-0.2, -0.15) is 0 Å². The number of carbonyl (C=O) groups is 1. The number of amides is 1. The van der Waals surface area contributed by atoms with Crippen molar-refractivity contribution in [2.24, 2.45) is 5.92 Å². The standard InChI is InChI=1S/C21H23ClN2O2S/c1-13(2)12-26-17-8-5-15(6-9-17)10-19-20(25)24-21(27-19)23-18-11-16(22)7-4-14(18)3/h4-11,13,21,23H,12H2,1-3H3,(H,24,25)/b19-10-. The Morgan fingerprint density at radius 3 is 2.70 bits per heavy atom. The molecular formula is C21H23ClN2O2S. The van der Waals surface area contributed by atoms with Gasteiger partial charge in [0.05, 0.1) is 11.5 Å². The predicted octanol–water partition coefficient (Wildman–Crippen LogP) is 5.28. The molecule has 142 valence electrons. The molecule has 0 spiro atoms. The zero-order valence-corrected chi connectivity index (χ0v) is 17.2. The highest BCUT2D eigenvalue weighted by atomic mass is 35.5. The Morgan fingerprint density at radius 2 is 2.00 bits per heavy atom. The highest BCUT2D eigenvalue weighted by molar-refractivity contribution is 8.05. The molecule has 0 aromatic heterocycles. The average Bonchev–Trinajstić information content (AvgIpc) is 2.96. The van der Waals surface area contributed by atoms with Crippen LogP contribution in [0.2, 0.25) is 5.02 Å². The van der Waals surface area contributed by atoms with Gasteiger partial charge in [0, 0.05) is 10.7 Å². The highest BCUT2D eigenvalue weighted by Gasteiger charge is 2.27. The van der Waals surface area contributed by atoms with Crippen molar-refractivity contribution in [2.75, 3.05) is 11.9 Å². The van der Waals surface area contributed by atoms with Crippen molar-refractivity contribution in [1.29, 1.82) is 0 Å². The Kier molecular flexibility index (Phi) is 6.34. The number of benzene rings is 2. The van der Waals surface area contributed by atoms with E-state index in [4.69, 9.17) is 16.3 Å². The van der Waals surface area contributed by atoms with Gasteiger partial charge in [-0.3, -0.25) is 4.79 Å². The van der Waals surface area contributed by atoms with Gasteiger partial charge in [-0.05, 0) is 54.3 Å². The van der Waals surface area contributed by atoms with Gasteiger partial charge in [-0.25, -0.2) is 0 Å². The Morgan fingerprint density at radius 1 is 1.26 bits per heavy atom. The van der Waals surface area contributed by atoms with E-state index in [1.807, 2.05) is 55.5 Å². The van der Waals surface area contributed by atoms with Crippen molar-refractivity contribution >= 4 is 41.0 Å². The van der Waals surface area contributed by atoms with Gasteiger partial charge in [-0.15, -0.1) is 0 Å². The summed E-state index contributed by atoms with van der Waals surface area (Å²) in [6.07, 6.45) is 1.89. The SMILES string of the molecule is Cc1ccc(Cl)cc1NC1NC(=O)/C(=C/c2ccc(OCC(C)C)cc2)S1. The summed E-state index contributed by atoms with van der Waals surface area (Å²) in [6.45, 7) is 6.92. The molecule has 2 aromatic rings. The van der Waals surface area contributed by atoms with E-state index >= 15 is 0 Å². The first-order valence-corrected chi connectivity index (χ1v) is 10.1. The van der Waals surface area contributed by atoms with E-state index in [2.05, 4.69) is 24.5 Å². The highest BCUT2D eigenvalue weighted by Crippen LogP contribution is 2.32. The fourth-order valence-electron chi connectivity index (χ4n) is 2.53. The van der Waals surface area contributed by atoms with E-state index in [9.17, 15) is 4.79 Å². The fraction of sp³-hybridized carbons (Fsp3) is 0.286. The van der Waals surface area contributed by atoms with Gasteiger partial charge in [0.15, 0.2) is 5.50 Å². The van der Waals surface area contributed by atoms with Crippen LogP contribution in [0.25, 0.3) is 6.08 Å². The minimum Gasteiger partial charge on any atom is -0.493 e. The molecule has 6 heteroatoms. The van der Waals surface area contributed by atoms with Crippen LogP contribution < -0.4 is 15.4 Å². The molecule has 0 bridgehead atoms. The number of hydrogen-bond donors (Lipinski definition) is 2. The lowest BCUT2D eigenvalue weighted by Crippen LogP contribution is -2.31. The second-order valence-electron chi connectivity index (χ2n) is 6.86. The molecule has 2 aromatic carbocycles. The lowest BCUT2D eigenvalue weighted by atomic mass is 10.2. The largest absolute Gasteiger partial charge is 0.493 e. The van der Waals surface area contributed by atoms with Crippen molar-refractivity contribution in [3.05, 3.63) is 63.5 Å². The first kappa shape index (κ1) is 19.6. The van der Waals surface area contributed by atoms with Gasteiger partial charge in [0.1, 0.15) is 5.75 Å². The van der Waals surface area contributed by atoms with Crippen molar-refractivity contribution in [3.8, 4) is 5.75 Å². The third-order valence-electron chi connectivity index (χ3n) is 3.98. The van der Waals surface area contributed by atoms with Crippen LogP contribution in [0.4, 0.5) is 5.69 Å². The zero-order chi connectivity index (χ0) is 19.4. The molecule has 1 aliphatic heterocycles. The molecule has 27 heavy (non-hydrogen) atoms. The molecule has 3 rings (SSSR count). The molecule has 0 saturated carbocycles. The summed E-state index contributed by atoms with van der Waals surface area (Å²) in [5.41, 5.74) is 2.72. The van der Waals surface area contributed by atoms with Crippen LogP contribution in [-0.4, -0.2) is 18.0 Å². The Labute approximate surface area is 169 Å². The van der Waals surface area contributed by atoms with Crippen molar-refractivity contribution in [1.82, 2.24) is 5.32 Å². The van der Waals surface area contributed by atoms with E-state index in [0.29, 0.717) is 22.5 Å². The zero-order valence-electron chi connectivity index (χ0n) is 15.6. The molecule has 1 heterocycles. The summed E-state index contributed by atoms with van der Waals surface area (Å²) in [4.78, 5) is 13.0. The van der Waals surface area contributed by atoms with Crippen LogP contribution in [0.1, 0.15) is 25.0 Å². The van der Waals surface area contributed by atoms with Gasteiger partial charge >= 0.3 is 0 Å². The Hall–Kier alpha value is -2.11. The number of halogens is 1. The van der Waals surface area contributed by atoms with Crippen molar-refractivity contribution in [3.63, 3.8) is 0 Å². The second-order valence-corrected chi connectivity index (χ2v) is 8.44. The molecule has 4 nitrogen and oxygen atoms in total. The van der Waals surface area contributed by atoms with E-state index in [1.54, 1.807) is 0 Å². The third kappa shape index (κ3) is 5.44. The molecule has 2 N–H and O–H groups in total. The predicted molar refractivity (Wildman–Crippen MR) is 114 cm³/mol. The van der Waals surface area contributed by atoms with Gasteiger partial charge in [0.2, 0.25) is 0 Å². The van der Waals surface area contributed by atoms with Gasteiger partial charge in [0.25, 0.3) is 5.91 Å². The smallest absolute Gasteiger partial charge is 0.260 e. The van der Waals surface area contributed by atoms with Crippen molar-refractivity contribution in [2.45, 2.75) is 26.3 Å². The monoisotopic (exact) mass is 402 g/mol. The lowest BCUT2D eigenvalue weighted by molar-refractivity contribution is -0.116. The molecule has 1 amide bonds. The summed E-state index contributed by atoms with van der Waals surface area (Å²) in [7, 11) is 0. The molecular weight excluding hydrogens is 380 g/mol. The van der Waals surface area contributed by atoms with Crippen LogP contribution in [-0.2, 0) is 4.79 Å². The fourth-order valence-corrected chi connectivity index (χ4v) is 3.68. The van der Waals surface area contributed by atoms with Crippen LogP contribution in [0, 0.1) is 12.8 Å². The van der Waals surface area contributed by atoms with Crippen LogP contribution in [0.5, 0.6) is 5.75 Å². The molecule has 1 fully saturated rings. The first-order valence-electron chi connectivity index (χ1n) is 8.85. The number of carbonyl (C=O) groups excluding carboxylic acids is 1. The van der Waals surface area contributed by atoms with Crippen LogP contribution in [0.15, 0.2) is 47.4 Å². The summed E-state index contributed by atoms with van der Waals surface area (Å²) in [5, 5.41) is 6.92. The normalized spacial score (nSPS) is 18.0. The summed E-state index contributed by atoms with van der Waals surface area (Å²) in [6, 6.07) is 13.4. The number of rotatable bonds is 6. The molecule has 1 atom stereocenters. The molecule has 1 aliphatic rings. The topological polar surface area (TPSA) is 50.4 Å². The number of ether oxygens (including phenoxy) is 1. The average molecular weight is 403 g/mol. The number of anilines is 1. The second kappa shape index (κ2) is 8.72. The van der Waals surface area contributed by atoms with E-state index < -0.39 is 0 Å². The van der Waals surface area contributed by atoms with E-state index in [-0.39, 0.29) is 11.4 Å². The molecule has 0 aliphatic carbocycles. The summed E-state index contributed by atoms with van der Waals surface area (Å²) in [5.74, 6) is 1.24. The van der Waals surface area contributed by atoms with Crippen molar-refractivity contribution < 1.29 is 9.53 Å². The maximum Gasteiger partial charge on any atom is 0.260 e. The van der Waals surface area contributed by atoms with Gasteiger partial charge in [-0.1, -0.05) is 55.4 Å².